The highest BCUT2D eigenvalue weighted by molar-refractivity contribution is 7.99. The number of imidazole rings is 1. The van der Waals surface area contributed by atoms with E-state index in [0.717, 1.165) is 16.4 Å². The van der Waals surface area contributed by atoms with Gasteiger partial charge < -0.3 is 10.1 Å². The Morgan fingerprint density at radius 2 is 2.29 bits per heavy atom. The molecule has 21 heavy (non-hydrogen) atoms. The number of hydrogen-bond donors (Lipinski definition) is 2. The summed E-state index contributed by atoms with van der Waals surface area (Å²) >= 11 is 1.36. The van der Waals surface area contributed by atoms with E-state index in [1.54, 1.807) is 7.05 Å². The van der Waals surface area contributed by atoms with Crippen LogP contribution >= 0.6 is 11.8 Å². The molecule has 1 atom stereocenters. The van der Waals surface area contributed by atoms with Crippen molar-refractivity contribution in [3.8, 4) is 0 Å². The highest BCUT2D eigenvalue weighted by Crippen LogP contribution is 2.29. The Morgan fingerprint density at radius 3 is 2.95 bits per heavy atom. The molecule has 0 spiro atoms. The summed E-state index contributed by atoms with van der Waals surface area (Å²) in [6.07, 6.45) is 2.67. The molecule has 8 heteroatoms. The molecule has 0 radical (unpaired) electrons. The van der Waals surface area contributed by atoms with Gasteiger partial charge in [-0.25, -0.2) is 14.9 Å². The zero-order chi connectivity index (χ0) is 15.0. The van der Waals surface area contributed by atoms with Gasteiger partial charge >= 0.3 is 5.69 Å². The first-order valence-corrected chi connectivity index (χ1v) is 7.38. The van der Waals surface area contributed by atoms with E-state index in [1.807, 2.05) is 35.7 Å². The monoisotopic (exact) mass is 304 g/mol. The summed E-state index contributed by atoms with van der Waals surface area (Å²) in [6, 6.07) is 5.86. The molecule has 0 aliphatic rings. The lowest BCUT2D eigenvalue weighted by molar-refractivity contribution is 0.704. The maximum Gasteiger partial charge on any atom is 0.343 e. The zero-order valence-corrected chi connectivity index (χ0v) is 12.6. The Morgan fingerprint density at radius 1 is 1.48 bits per heavy atom. The smallest absolute Gasteiger partial charge is 0.328 e. The maximum atomic E-state index is 11.5. The van der Waals surface area contributed by atoms with Crippen molar-refractivity contribution < 1.29 is 0 Å². The highest BCUT2D eigenvalue weighted by Gasteiger charge is 2.17. The van der Waals surface area contributed by atoms with Gasteiger partial charge in [0.15, 0.2) is 5.16 Å². The van der Waals surface area contributed by atoms with Crippen LogP contribution in [0.25, 0.3) is 5.65 Å². The predicted octanol–water partition coefficient (Wildman–Crippen LogP) is 0.797. The number of aromatic nitrogens is 5. The number of rotatable bonds is 4. The highest BCUT2D eigenvalue weighted by atomic mass is 32.2. The molecule has 0 amide bonds. The van der Waals surface area contributed by atoms with E-state index in [9.17, 15) is 4.79 Å². The molecule has 1 unspecified atom stereocenters. The zero-order valence-electron chi connectivity index (χ0n) is 11.8. The molecule has 3 aromatic rings. The molecule has 3 aromatic heterocycles. The summed E-state index contributed by atoms with van der Waals surface area (Å²) in [5.41, 5.74) is 7.59. The molecule has 0 saturated carbocycles. The second-order valence-corrected chi connectivity index (χ2v) is 5.90. The molecular formula is C13H16N6OS. The van der Waals surface area contributed by atoms with E-state index < -0.39 is 0 Å². The number of fused-ring (bicyclic) bond motifs is 1. The number of aromatic amines is 1. The first kappa shape index (κ1) is 13.9. The third-order valence-corrected chi connectivity index (χ3v) is 4.20. The number of hydrogen-bond acceptors (Lipinski definition) is 5. The van der Waals surface area contributed by atoms with E-state index in [-0.39, 0.29) is 11.7 Å². The van der Waals surface area contributed by atoms with Crippen molar-refractivity contribution in [1.29, 1.82) is 0 Å². The molecule has 0 aromatic carbocycles. The lowest BCUT2D eigenvalue weighted by atomic mass is 10.2. The van der Waals surface area contributed by atoms with Crippen LogP contribution in [0.15, 0.2) is 39.4 Å². The minimum absolute atomic E-state index is 0.0208. The second-order valence-electron chi connectivity index (χ2n) is 4.95. The van der Waals surface area contributed by atoms with Gasteiger partial charge in [-0.2, -0.15) is 0 Å². The normalized spacial score (nSPS) is 12.9. The van der Waals surface area contributed by atoms with Crippen LogP contribution in [0.4, 0.5) is 0 Å². The Hall–Kier alpha value is -2.06. The minimum atomic E-state index is -0.241. The van der Waals surface area contributed by atoms with Crippen LogP contribution in [0.2, 0.25) is 0 Å². The number of nitrogens with zero attached hydrogens (tertiary/aromatic N) is 4. The molecule has 0 fully saturated rings. The predicted molar refractivity (Wildman–Crippen MR) is 80.5 cm³/mol. The fourth-order valence-corrected chi connectivity index (χ4v) is 3.03. The quantitative estimate of drug-likeness (QED) is 0.743. The van der Waals surface area contributed by atoms with Crippen molar-refractivity contribution in [2.45, 2.75) is 29.6 Å². The maximum absolute atomic E-state index is 11.5. The summed E-state index contributed by atoms with van der Waals surface area (Å²) in [5, 5.41) is 7.84. The van der Waals surface area contributed by atoms with Crippen LogP contribution < -0.4 is 11.4 Å². The number of nitrogens with two attached hydrogens (primary N) is 1. The summed E-state index contributed by atoms with van der Waals surface area (Å²) < 4.78 is 3.49. The van der Waals surface area contributed by atoms with E-state index in [4.69, 9.17) is 5.73 Å². The molecule has 3 rings (SSSR count). The molecule has 110 valence electrons. The van der Waals surface area contributed by atoms with Crippen molar-refractivity contribution in [2.75, 3.05) is 0 Å². The second kappa shape index (κ2) is 5.38. The van der Waals surface area contributed by atoms with Gasteiger partial charge in [-0.15, -0.1) is 5.10 Å². The van der Waals surface area contributed by atoms with Gasteiger partial charge in [0.2, 0.25) is 0 Å². The van der Waals surface area contributed by atoms with Gasteiger partial charge in [0.05, 0.1) is 5.69 Å². The van der Waals surface area contributed by atoms with Crippen LogP contribution in [-0.4, -0.2) is 30.2 Å². The van der Waals surface area contributed by atoms with Crippen molar-refractivity contribution in [2.24, 2.45) is 12.8 Å². The van der Waals surface area contributed by atoms with E-state index >= 15 is 0 Å². The molecule has 3 N–H and O–H groups in total. The number of pyridine rings is 1. The van der Waals surface area contributed by atoms with Gasteiger partial charge in [-0.05, 0) is 30.8 Å². The van der Waals surface area contributed by atoms with Crippen LogP contribution in [-0.2, 0) is 13.5 Å². The fourth-order valence-electron chi connectivity index (χ4n) is 2.11. The average molecular weight is 304 g/mol. The standard InChI is InChI=1S/C13H16N6OS/c1-8(14)7-9-11(15-10-5-3-4-6-19(9)10)21-13-17-16-12(20)18(13)2/h3-6,8H,7,14H2,1-2H3,(H,16,20). The van der Waals surface area contributed by atoms with Crippen molar-refractivity contribution in [3.05, 3.63) is 40.6 Å². The van der Waals surface area contributed by atoms with Gasteiger partial charge in [-0.3, -0.25) is 4.57 Å². The molecule has 7 nitrogen and oxygen atoms in total. The Bertz CT molecular complexity index is 831. The van der Waals surface area contributed by atoms with Gasteiger partial charge in [0.1, 0.15) is 10.7 Å². The summed E-state index contributed by atoms with van der Waals surface area (Å²) in [7, 11) is 1.68. The van der Waals surface area contributed by atoms with Crippen molar-refractivity contribution in [3.63, 3.8) is 0 Å². The minimum Gasteiger partial charge on any atom is -0.328 e. The first-order chi connectivity index (χ1) is 10.1. The SMILES string of the molecule is CC(N)Cc1c(Sc2n[nH]c(=O)n2C)nc2ccccn12. The van der Waals surface area contributed by atoms with Gasteiger partial charge in [0, 0.05) is 25.7 Å². The van der Waals surface area contributed by atoms with E-state index in [2.05, 4.69) is 15.2 Å². The molecular weight excluding hydrogens is 288 g/mol. The Kier molecular flexibility index (Phi) is 3.56. The third-order valence-electron chi connectivity index (χ3n) is 3.13. The van der Waals surface area contributed by atoms with Gasteiger partial charge in [-0.1, -0.05) is 6.07 Å². The average Bonchev–Trinajstić information content (AvgIpc) is 2.94. The van der Waals surface area contributed by atoms with Crippen LogP contribution in [0.5, 0.6) is 0 Å². The van der Waals surface area contributed by atoms with E-state index in [1.165, 1.54) is 16.3 Å². The molecule has 3 heterocycles. The van der Waals surface area contributed by atoms with Crippen LogP contribution in [0, 0.1) is 0 Å². The van der Waals surface area contributed by atoms with Gasteiger partial charge in [0.25, 0.3) is 0 Å². The fraction of sp³-hybridized carbons (Fsp3) is 0.308. The Labute approximate surface area is 125 Å². The largest absolute Gasteiger partial charge is 0.343 e. The summed E-state index contributed by atoms with van der Waals surface area (Å²) in [5.74, 6) is 0. The Balaban J connectivity index is 2.08. The molecule has 0 aliphatic heterocycles. The van der Waals surface area contributed by atoms with Crippen molar-refractivity contribution in [1.82, 2.24) is 24.1 Å². The number of nitrogens with one attached hydrogen (secondary N) is 1. The lowest BCUT2D eigenvalue weighted by Crippen LogP contribution is -2.19. The first-order valence-electron chi connectivity index (χ1n) is 6.57. The number of H-pyrrole nitrogens is 1. The molecule has 0 aliphatic carbocycles. The molecule has 0 saturated heterocycles. The van der Waals surface area contributed by atoms with E-state index in [0.29, 0.717) is 11.6 Å². The molecule has 0 bridgehead atoms. The topological polar surface area (TPSA) is 94.0 Å². The summed E-state index contributed by atoms with van der Waals surface area (Å²) in [6.45, 7) is 1.96. The van der Waals surface area contributed by atoms with Crippen LogP contribution in [0.3, 0.4) is 0 Å². The van der Waals surface area contributed by atoms with Crippen LogP contribution in [0.1, 0.15) is 12.6 Å². The summed E-state index contributed by atoms with van der Waals surface area (Å²) in [4.78, 5) is 16.1. The third kappa shape index (κ3) is 2.59. The van der Waals surface area contributed by atoms with Crippen molar-refractivity contribution >= 4 is 17.4 Å². The lowest BCUT2D eigenvalue weighted by Gasteiger charge is -2.07.